The second kappa shape index (κ2) is 4.41. The van der Waals surface area contributed by atoms with Crippen LogP contribution in [0.4, 0.5) is 0 Å². The number of hydrogen-bond acceptors (Lipinski definition) is 3. The molecule has 0 aromatic carbocycles. The van der Waals surface area contributed by atoms with E-state index in [2.05, 4.69) is 0 Å². The Labute approximate surface area is 83.5 Å². The highest BCUT2D eigenvalue weighted by atomic mass is 16.4. The van der Waals surface area contributed by atoms with Crippen molar-refractivity contribution in [2.75, 3.05) is 0 Å². The first kappa shape index (κ1) is 12.9. The van der Waals surface area contributed by atoms with Crippen molar-refractivity contribution >= 4 is 11.9 Å². The van der Waals surface area contributed by atoms with Gasteiger partial charge in [0.1, 0.15) is 0 Å². The zero-order valence-corrected chi connectivity index (χ0v) is 8.78. The number of aliphatic carboxylic acids is 1. The van der Waals surface area contributed by atoms with Gasteiger partial charge in [-0.25, -0.2) is 0 Å². The molecule has 0 fully saturated rings. The Bertz CT molecular complexity index is 233. The number of carboxylic acids is 1. The molecule has 5 heteroatoms. The summed E-state index contributed by atoms with van der Waals surface area (Å²) in [6.07, 6.45) is 0.0775. The van der Waals surface area contributed by atoms with Gasteiger partial charge in [0.15, 0.2) is 0 Å². The van der Waals surface area contributed by atoms with E-state index in [0.29, 0.717) is 0 Å². The summed E-state index contributed by atoms with van der Waals surface area (Å²) in [5, 5.41) is 8.93. The summed E-state index contributed by atoms with van der Waals surface area (Å²) in [7, 11) is 0. The molecule has 1 amide bonds. The molecule has 2 atom stereocenters. The number of hydrogen-bond donors (Lipinski definition) is 3. The van der Waals surface area contributed by atoms with Gasteiger partial charge in [0.25, 0.3) is 0 Å². The number of primary amides is 1. The first-order valence-electron chi connectivity index (χ1n) is 4.44. The average molecular weight is 202 g/mol. The predicted molar refractivity (Wildman–Crippen MR) is 52.4 cm³/mol. The van der Waals surface area contributed by atoms with Gasteiger partial charge in [-0.1, -0.05) is 20.8 Å². The van der Waals surface area contributed by atoms with E-state index in [-0.39, 0.29) is 6.42 Å². The van der Waals surface area contributed by atoms with E-state index in [9.17, 15) is 9.59 Å². The van der Waals surface area contributed by atoms with Crippen LogP contribution >= 0.6 is 0 Å². The van der Waals surface area contributed by atoms with Crippen LogP contribution in [-0.2, 0) is 9.59 Å². The largest absolute Gasteiger partial charge is 0.481 e. The van der Waals surface area contributed by atoms with Crippen LogP contribution in [0.15, 0.2) is 0 Å². The van der Waals surface area contributed by atoms with E-state index in [0.717, 1.165) is 0 Å². The molecule has 14 heavy (non-hydrogen) atoms. The van der Waals surface area contributed by atoms with Crippen LogP contribution in [0.1, 0.15) is 27.2 Å². The predicted octanol–water partition coefficient (Wildman–Crippen LogP) is -0.0640. The molecule has 0 saturated heterocycles. The van der Waals surface area contributed by atoms with Gasteiger partial charge < -0.3 is 16.6 Å². The van der Waals surface area contributed by atoms with Gasteiger partial charge >= 0.3 is 5.97 Å². The number of nitrogens with two attached hydrogens (primary N) is 2. The van der Waals surface area contributed by atoms with Crippen molar-refractivity contribution in [3.05, 3.63) is 0 Å². The van der Waals surface area contributed by atoms with Gasteiger partial charge in [-0.05, 0) is 11.8 Å². The molecule has 5 N–H and O–H groups in total. The quantitative estimate of drug-likeness (QED) is 0.593. The highest BCUT2D eigenvalue weighted by Gasteiger charge is 2.33. The Morgan fingerprint density at radius 2 is 1.79 bits per heavy atom. The van der Waals surface area contributed by atoms with E-state index < -0.39 is 29.3 Å². The van der Waals surface area contributed by atoms with Crippen LogP contribution in [0.5, 0.6) is 0 Å². The fourth-order valence-electron chi connectivity index (χ4n) is 1.19. The van der Waals surface area contributed by atoms with Crippen LogP contribution in [0.25, 0.3) is 0 Å². The maximum atomic E-state index is 10.9. The molecule has 82 valence electrons. The lowest BCUT2D eigenvalue weighted by Gasteiger charge is -2.28. The fourth-order valence-corrected chi connectivity index (χ4v) is 1.19. The minimum absolute atomic E-state index is 0.0775. The molecule has 0 saturated carbocycles. The Morgan fingerprint density at radius 3 is 2.00 bits per heavy atom. The Kier molecular flexibility index (Phi) is 4.07. The zero-order chi connectivity index (χ0) is 11.5. The molecule has 0 aliphatic heterocycles. The van der Waals surface area contributed by atoms with E-state index in [1.165, 1.54) is 0 Å². The van der Waals surface area contributed by atoms with Gasteiger partial charge in [-0.15, -0.1) is 0 Å². The fraction of sp³-hybridized carbons (Fsp3) is 0.778. The van der Waals surface area contributed by atoms with E-state index in [4.69, 9.17) is 16.6 Å². The maximum absolute atomic E-state index is 10.9. The van der Waals surface area contributed by atoms with Crippen LogP contribution in [0.2, 0.25) is 0 Å². The van der Waals surface area contributed by atoms with Gasteiger partial charge in [-0.2, -0.15) is 0 Å². The van der Waals surface area contributed by atoms with Gasteiger partial charge in [-0.3, -0.25) is 9.59 Å². The standard InChI is InChI=1S/C9H18N2O3/c1-9(2,3)5(8(13)14)4-6(10)7(11)12/h5-6H,4,10H2,1-3H3,(H2,11,12)(H,13,14)/t5?,6-/m0/s1. The highest BCUT2D eigenvalue weighted by Crippen LogP contribution is 2.29. The topological polar surface area (TPSA) is 106 Å². The molecule has 0 bridgehead atoms. The summed E-state index contributed by atoms with van der Waals surface area (Å²) in [6, 6.07) is -0.893. The van der Waals surface area contributed by atoms with Gasteiger partial charge in [0, 0.05) is 0 Å². The van der Waals surface area contributed by atoms with E-state index in [1.54, 1.807) is 20.8 Å². The highest BCUT2D eigenvalue weighted by molar-refractivity contribution is 5.80. The van der Waals surface area contributed by atoms with Crippen molar-refractivity contribution in [1.82, 2.24) is 0 Å². The van der Waals surface area contributed by atoms with Gasteiger partial charge in [0.05, 0.1) is 12.0 Å². The number of amides is 1. The molecule has 0 heterocycles. The Hall–Kier alpha value is -1.10. The molecule has 0 aromatic heterocycles. The van der Waals surface area contributed by atoms with Crippen molar-refractivity contribution in [1.29, 1.82) is 0 Å². The minimum atomic E-state index is -0.950. The van der Waals surface area contributed by atoms with Crippen molar-refractivity contribution < 1.29 is 14.7 Å². The number of rotatable bonds is 4. The molecular formula is C9H18N2O3. The van der Waals surface area contributed by atoms with E-state index >= 15 is 0 Å². The Balaban J connectivity index is 4.55. The molecule has 0 rings (SSSR count). The van der Waals surface area contributed by atoms with Crippen molar-refractivity contribution in [2.24, 2.45) is 22.8 Å². The minimum Gasteiger partial charge on any atom is -0.481 e. The summed E-state index contributed by atoms with van der Waals surface area (Å²) in [5.41, 5.74) is 9.95. The third kappa shape index (κ3) is 3.74. The first-order valence-corrected chi connectivity index (χ1v) is 4.44. The second-order valence-corrected chi connectivity index (χ2v) is 4.50. The monoisotopic (exact) mass is 202 g/mol. The molecule has 0 aromatic rings. The third-order valence-corrected chi connectivity index (χ3v) is 2.20. The van der Waals surface area contributed by atoms with Crippen LogP contribution in [0, 0.1) is 11.3 Å². The van der Waals surface area contributed by atoms with Crippen LogP contribution in [0.3, 0.4) is 0 Å². The summed E-state index contributed by atoms with van der Waals surface area (Å²) >= 11 is 0. The molecular weight excluding hydrogens is 184 g/mol. The van der Waals surface area contributed by atoms with Crippen molar-refractivity contribution in [3.63, 3.8) is 0 Å². The summed E-state index contributed by atoms with van der Waals surface area (Å²) in [6.45, 7) is 5.37. The number of carboxylic acid groups (broad SMARTS) is 1. The zero-order valence-electron chi connectivity index (χ0n) is 8.78. The molecule has 0 spiro atoms. The average Bonchev–Trinajstić information content (AvgIpc) is 1.96. The number of carbonyl (C=O) groups excluding carboxylic acids is 1. The lowest BCUT2D eigenvalue weighted by Crippen LogP contribution is -2.42. The van der Waals surface area contributed by atoms with Crippen molar-refractivity contribution in [3.8, 4) is 0 Å². The van der Waals surface area contributed by atoms with Gasteiger partial charge in [0.2, 0.25) is 5.91 Å². The first-order chi connectivity index (χ1) is 6.16. The van der Waals surface area contributed by atoms with E-state index in [1.807, 2.05) is 0 Å². The summed E-state index contributed by atoms with van der Waals surface area (Å²) < 4.78 is 0. The van der Waals surface area contributed by atoms with Crippen LogP contribution in [-0.4, -0.2) is 23.0 Å². The van der Waals surface area contributed by atoms with Crippen molar-refractivity contribution in [2.45, 2.75) is 33.2 Å². The summed E-state index contributed by atoms with van der Waals surface area (Å²) in [4.78, 5) is 21.6. The summed E-state index contributed by atoms with van der Waals surface area (Å²) in [5.74, 6) is -2.28. The molecule has 0 aliphatic carbocycles. The maximum Gasteiger partial charge on any atom is 0.307 e. The normalized spacial score (nSPS) is 16.0. The molecule has 1 unspecified atom stereocenters. The second-order valence-electron chi connectivity index (χ2n) is 4.50. The molecule has 0 radical (unpaired) electrons. The smallest absolute Gasteiger partial charge is 0.307 e. The lowest BCUT2D eigenvalue weighted by atomic mass is 9.77. The SMILES string of the molecule is CC(C)(C)C(C[C@H](N)C(N)=O)C(=O)O. The lowest BCUT2D eigenvalue weighted by molar-refractivity contribution is -0.146. The Morgan fingerprint density at radius 1 is 1.36 bits per heavy atom. The molecule has 5 nitrogen and oxygen atoms in total. The molecule has 0 aliphatic rings. The number of carbonyl (C=O) groups is 2. The van der Waals surface area contributed by atoms with Crippen LogP contribution < -0.4 is 11.5 Å². The third-order valence-electron chi connectivity index (χ3n) is 2.20.